The third-order valence-corrected chi connectivity index (χ3v) is 4.34. The molecule has 90 valence electrons. The van der Waals surface area contributed by atoms with Gasteiger partial charge >= 0.3 is 5.97 Å². The van der Waals surface area contributed by atoms with Crippen LogP contribution in [0.5, 0.6) is 0 Å². The summed E-state index contributed by atoms with van der Waals surface area (Å²) in [5.74, 6) is 0.708. The third kappa shape index (κ3) is 1.87. The Bertz CT molecular complexity index is 298. The molecule has 4 atom stereocenters. The summed E-state index contributed by atoms with van der Waals surface area (Å²) in [6, 6.07) is 0. The minimum atomic E-state index is -0.519. The molecule has 0 amide bonds. The van der Waals surface area contributed by atoms with Crippen molar-refractivity contribution in [2.24, 2.45) is 23.7 Å². The summed E-state index contributed by atoms with van der Waals surface area (Å²) in [6.07, 6.45) is 5.24. The van der Waals surface area contributed by atoms with Crippen LogP contribution in [0.1, 0.15) is 39.0 Å². The lowest BCUT2D eigenvalue weighted by atomic mass is 9.80. The van der Waals surface area contributed by atoms with Gasteiger partial charge in [-0.2, -0.15) is 0 Å². The molecule has 0 aliphatic heterocycles. The van der Waals surface area contributed by atoms with E-state index in [0.29, 0.717) is 12.3 Å². The number of esters is 1. The molecule has 2 fully saturated rings. The van der Waals surface area contributed by atoms with Crippen LogP contribution in [-0.4, -0.2) is 18.9 Å². The number of Topliss-reactive ketones (excluding diaryl/α,β-unsaturated/α-hetero) is 1. The number of fused-ring (bicyclic) bond motifs is 2. The summed E-state index contributed by atoms with van der Waals surface area (Å²) in [5, 5.41) is 0. The summed E-state index contributed by atoms with van der Waals surface area (Å²) in [7, 11) is 1.36. The van der Waals surface area contributed by atoms with Crippen molar-refractivity contribution in [1.82, 2.24) is 0 Å². The second-order valence-corrected chi connectivity index (χ2v) is 5.17. The van der Waals surface area contributed by atoms with Gasteiger partial charge in [0.2, 0.25) is 0 Å². The molecule has 2 bridgehead atoms. The molecule has 0 saturated heterocycles. The first-order valence-corrected chi connectivity index (χ1v) is 6.28. The molecule has 2 aliphatic carbocycles. The Hall–Kier alpha value is -0.860. The first kappa shape index (κ1) is 11.6. The van der Waals surface area contributed by atoms with Gasteiger partial charge in [0.15, 0.2) is 0 Å². The molecule has 2 saturated carbocycles. The van der Waals surface area contributed by atoms with E-state index in [2.05, 4.69) is 0 Å². The Morgan fingerprint density at radius 1 is 1.31 bits per heavy atom. The fourth-order valence-corrected chi connectivity index (χ4v) is 3.48. The van der Waals surface area contributed by atoms with Crippen molar-refractivity contribution in [2.45, 2.75) is 39.0 Å². The Labute approximate surface area is 96.5 Å². The van der Waals surface area contributed by atoms with Crippen LogP contribution in [0.2, 0.25) is 0 Å². The zero-order valence-corrected chi connectivity index (χ0v) is 10.1. The SMILES string of the molecule is CCC(C(=O)OC)C(=O)C1CC2CCC1C2. The molecule has 16 heavy (non-hydrogen) atoms. The molecular weight excluding hydrogens is 204 g/mol. The number of hydrogen-bond donors (Lipinski definition) is 0. The molecule has 0 radical (unpaired) electrons. The maximum Gasteiger partial charge on any atom is 0.316 e. The van der Waals surface area contributed by atoms with Gasteiger partial charge in [0.25, 0.3) is 0 Å². The maximum atomic E-state index is 12.3. The molecule has 0 N–H and O–H groups in total. The van der Waals surface area contributed by atoms with Gasteiger partial charge < -0.3 is 4.74 Å². The van der Waals surface area contributed by atoms with E-state index in [1.165, 1.54) is 26.4 Å². The molecule has 3 heteroatoms. The predicted molar refractivity (Wildman–Crippen MR) is 59.7 cm³/mol. The number of ether oxygens (including phenoxy) is 1. The molecule has 0 heterocycles. The van der Waals surface area contributed by atoms with Crippen molar-refractivity contribution in [2.75, 3.05) is 7.11 Å². The quantitative estimate of drug-likeness (QED) is 0.543. The minimum absolute atomic E-state index is 0.140. The fraction of sp³-hybridized carbons (Fsp3) is 0.846. The van der Waals surface area contributed by atoms with Crippen molar-refractivity contribution in [1.29, 1.82) is 0 Å². The summed E-state index contributed by atoms with van der Waals surface area (Å²) in [5.41, 5.74) is 0. The van der Waals surface area contributed by atoms with Crippen molar-refractivity contribution in [3.8, 4) is 0 Å². The molecule has 2 aliphatic rings. The highest BCUT2D eigenvalue weighted by Crippen LogP contribution is 2.49. The van der Waals surface area contributed by atoms with Crippen molar-refractivity contribution >= 4 is 11.8 Å². The normalized spacial score (nSPS) is 33.8. The molecular formula is C13H20O3. The summed E-state index contributed by atoms with van der Waals surface area (Å²) in [6.45, 7) is 1.88. The molecule has 3 nitrogen and oxygen atoms in total. The zero-order chi connectivity index (χ0) is 11.7. The smallest absolute Gasteiger partial charge is 0.316 e. The van der Waals surface area contributed by atoms with Gasteiger partial charge in [0.05, 0.1) is 7.11 Å². The maximum absolute atomic E-state index is 12.3. The molecule has 0 aromatic heterocycles. The van der Waals surface area contributed by atoms with Gasteiger partial charge in [-0.1, -0.05) is 13.3 Å². The number of carbonyl (C=O) groups is 2. The number of methoxy groups -OCH3 is 1. The average Bonchev–Trinajstić information content (AvgIpc) is 2.91. The van der Waals surface area contributed by atoms with E-state index in [-0.39, 0.29) is 17.7 Å². The van der Waals surface area contributed by atoms with Gasteiger partial charge in [-0.25, -0.2) is 0 Å². The lowest BCUT2D eigenvalue weighted by molar-refractivity contribution is -0.151. The third-order valence-electron chi connectivity index (χ3n) is 4.34. The monoisotopic (exact) mass is 224 g/mol. The van der Waals surface area contributed by atoms with Gasteiger partial charge in [-0.15, -0.1) is 0 Å². The van der Waals surface area contributed by atoms with Crippen molar-refractivity contribution in [3.63, 3.8) is 0 Å². The Morgan fingerprint density at radius 3 is 2.50 bits per heavy atom. The molecule has 0 aromatic carbocycles. The van der Waals surface area contributed by atoms with Gasteiger partial charge in [-0.05, 0) is 37.5 Å². The molecule has 0 aromatic rings. The minimum Gasteiger partial charge on any atom is -0.468 e. The van der Waals surface area contributed by atoms with Crippen LogP contribution in [0, 0.1) is 23.7 Å². The van der Waals surface area contributed by atoms with Gasteiger partial charge in [-0.3, -0.25) is 9.59 Å². The van der Waals surface area contributed by atoms with E-state index in [0.717, 1.165) is 12.3 Å². The van der Waals surface area contributed by atoms with Gasteiger partial charge in [0.1, 0.15) is 11.7 Å². The lowest BCUT2D eigenvalue weighted by Crippen LogP contribution is -2.32. The van der Waals surface area contributed by atoms with E-state index in [1.54, 1.807) is 0 Å². The van der Waals surface area contributed by atoms with Crippen molar-refractivity contribution in [3.05, 3.63) is 0 Å². The molecule has 0 spiro atoms. The first-order valence-electron chi connectivity index (χ1n) is 6.28. The van der Waals surface area contributed by atoms with Crippen LogP contribution in [0.15, 0.2) is 0 Å². The standard InChI is InChI=1S/C13H20O3/c1-3-10(13(15)16-2)12(14)11-7-8-4-5-9(11)6-8/h8-11H,3-7H2,1-2H3. The van der Waals surface area contributed by atoms with E-state index in [4.69, 9.17) is 4.74 Å². The van der Waals surface area contributed by atoms with E-state index in [1.807, 2.05) is 6.92 Å². The highest BCUT2D eigenvalue weighted by Gasteiger charge is 2.45. The zero-order valence-electron chi connectivity index (χ0n) is 10.1. The molecule has 2 rings (SSSR count). The Morgan fingerprint density at radius 2 is 2.06 bits per heavy atom. The summed E-state index contributed by atoms with van der Waals surface area (Å²) < 4.78 is 4.70. The van der Waals surface area contributed by atoms with Crippen molar-refractivity contribution < 1.29 is 14.3 Å². The van der Waals surface area contributed by atoms with E-state index >= 15 is 0 Å². The average molecular weight is 224 g/mol. The van der Waals surface area contributed by atoms with E-state index < -0.39 is 5.92 Å². The predicted octanol–water partition coefficient (Wildman–Crippen LogP) is 2.19. The topological polar surface area (TPSA) is 43.4 Å². The van der Waals surface area contributed by atoms with Crippen LogP contribution in [0.25, 0.3) is 0 Å². The van der Waals surface area contributed by atoms with Crippen LogP contribution >= 0.6 is 0 Å². The second-order valence-electron chi connectivity index (χ2n) is 5.17. The number of rotatable bonds is 4. The Balaban J connectivity index is 2.03. The first-order chi connectivity index (χ1) is 7.67. The number of hydrogen-bond acceptors (Lipinski definition) is 3. The number of carbonyl (C=O) groups excluding carboxylic acids is 2. The largest absolute Gasteiger partial charge is 0.468 e. The number of ketones is 1. The lowest BCUT2D eigenvalue weighted by Gasteiger charge is -2.23. The van der Waals surface area contributed by atoms with Crippen LogP contribution in [0.4, 0.5) is 0 Å². The second kappa shape index (κ2) is 4.56. The molecule has 4 unspecified atom stereocenters. The van der Waals surface area contributed by atoms with Gasteiger partial charge in [0, 0.05) is 5.92 Å². The van der Waals surface area contributed by atoms with Crippen LogP contribution in [-0.2, 0) is 14.3 Å². The van der Waals surface area contributed by atoms with Crippen LogP contribution < -0.4 is 0 Å². The fourth-order valence-electron chi connectivity index (χ4n) is 3.48. The summed E-state index contributed by atoms with van der Waals surface area (Å²) >= 11 is 0. The highest BCUT2D eigenvalue weighted by atomic mass is 16.5. The Kier molecular flexibility index (Phi) is 3.31. The summed E-state index contributed by atoms with van der Waals surface area (Å²) in [4.78, 5) is 23.8. The highest BCUT2D eigenvalue weighted by molar-refractivity contribution is 6.00. The van der Waals surface area contributed by atoms with Crippen LogP contribution in [0.3, 0.4) is 0 Å². The van der Waals surface area contributed by atoms with E-state index in [9.17, 15) is 9.59 Å².